The normalized spacial score (nSPS) is 23.4. The maximum absolute atomic E-state index is 12.3. The Morgan fingerprint density at radius 3 is 2.79 bits per heavy atom. The number of hydrogen-bond acceptors (Lipinski definition) is 7. The molecule has 5 rings (SSSR count). The summed E-state index contributed by atoms with van der Waals surface area (Å²) in [5, 5.41) is 3.67. The number of thiazole rings is 1. The van der Waals surface area contributed by atoms with E-state index in [1.54, 1.807) is 16.2 Å². The average Bonchev–Trinajstić information content (AvgIpc) is 3.29. The van der Waals surface area contributed by atoms with Gasteiger partial charge in [-0.15, -0.1) is 0 Å². The molecular formula is C20H28N6O2S. The van der Waals surface area contributed by atoms with E-state index >= 15 is 0 Å². The van der Waals surface area contributed by atoms with Crippen molar-refractivity contribution in [3.05, 3.63) is 12.1 Å². The van der Waals surface area contributed by atoms with Crippen LogP contribution in [0.15, 0.2) is 12.1 Å². The smallest absolute Gasteiger partial charge is 0.324 e. The maximum atomic E-state index is 12.3. The molecule has 2 amide bonds. The Morgan fingerprint density at radius 1 is 1.21 bits per heavy atom. The van der Waals surface area contributed by atoms with E-state index in [0.717, 1.165) is 72.6 Å². The van der Waals surface area contributed by atoms with Crippen LogP contribution in [0, 0.1) is 0 Å². The van der Waals surface area contributed by atoms with Crippen molar-refractivity contribution in [1.29, 1.82) is 0 Å². The van der Waals surface area contributed by atoms with E-state index in [-0.39, 0.29) is 12.1 Å². The van der Waals surface area contributed by atoms with Crippen LogP contribution in [0.2, 0.25) is 0 Å². The quantitative estimate of drug-likeness (QED) is 0.818. The van der Waals surface area contributed by atoms with Crippen molar-refractivity contribution in [1.82, 2.24) is 20.1 Å². The van der Waals surface area contributed by atoms with Crippen LogP contribution < -0.4 is 19.9 Å². The van der Waals surface area contributed by atoms with Crippen LogP contribution in [-0.2, 0) is 0 Å². The van der Waals surface area contributed by atoms with Gasteiger partial charge in [0.05, 0.1) is 17.3 Å². The number of hydrogen-bond donors (Lipinski definition) is 1. The molecule has 2 saturated heterocycles. The van der Waals surface area contributed by atoms with E-state index in [9.17, 15) is 4.79 Å². The summed E-state index contributed by atoms with van der Waals surface area (Å²) in [7, 11) is 2.19. The number of aromatic nitrogens is 1. The number of carbonyl (C=O) groups is 1. The van der Waals surface area contributed by atoms with Gasteiger partial charge in [0.2, 0.25) is 0 Å². The van der Waals surface area contributed by atoms with Crippen LogP contribution >= 0.6 is 11.3 Å². The molecule has 1 aromatic carbocycles. The molecule has 0 spiro atoms. The largest absolute Gasteiger partial charge is 0.489 e. The minimum absolute atomic E-state index is 0.0615. The van der Waals surface area contributed by atoms with Crippen LogP contribution in [-0.4, -0.2) is 92.9 Å². The van der Waals surface area contributed by atoms with Crippen LogP contribution in [0.25, 0.3) is 10.2 Å². The van der Waals surface area contributed by atoms with Crippen molar-refractivity contribution in [2.45, 2.75) is 13.0 Å². The molecule has 0 aliphatic carbocycles. The number of nitrogens with zero attached hydrogens (tertiary/aromatic N) is 5. The van der Waals surface area contributed by atoms with Crippen LogP contribution in [0.1, 0.15) is 6.92 Å². The van der Waals surface area contributed by atoms with Gasteiger partial charge in [-0.05, 0) is 26.1 Å². The van der Waals surface area contributed by atoms with Gasteiger partial charge < -0.3 is 19.9 Å². The summed E-state index contributed by atoms with van der Waals surface area (Å²) in [6.07, 6.45) is 0. The Kier molecular flexibility index (Phi) is 4.97. The van der Waals surface area contributed by atoms with Gasteiger partial charge in [-0.2, -0.15) is 0 Å². The molecule has 9 heteroatoms. The zero-order chi connectivity index (χ0) is 20.0. The number of benzene rings is 1. The highest BCUT2D eigenvalue weighted by Crippen LogP contribution is 2.42. The molecule has 8 nitrogen and oxygen atoms in total. The minimum Gasteiger partial charge on any atom is -0.489 e. The van der Waals surface area contributed by atoms with E-state index in [1.807, 2.05) is 6.92 Å². The standard InChI is InChI=1S/C20H28N6O2S/c1-14-13-21-19(27)26(14)20-22-17-16(29-20)4-3-15-18(17)25(11-12-28-15)10-9-24-7-5-23(2)6-8-24/h3-4,14H,5-13H2,1-2H3,(H,21,27). The zero-order valence-corrected chi connectivity index (χ0v) is 17.9. The number of piperazine rings is 1. The highest BCUT2D eigenvalue weighted by molar-refractivity contribution is 7.22. The summed E-state index contributed by atoms with van der Waals surface area (Å²) in [5.41, 5.74) is 2.03. The lowest BCUT2D eigenvalue weighted by atomic mass is 10.2. The lowest BCUT2D eigenvalue weighted by Crippen LogP contribution is -2.47. The lowest BCUT2D eigenvalue weighted by Gasteiger charge is -2.36. The van der Waals surface area contributed by atoms with Crippen molar-refractivity contribution < 1.29 is 9.53 Å². The van der Waals surface area contributed by atoms with Gasteiger partial charge in [0.1, 0.15) is 23.6 Å². The fraction of sp³-hybridized carbons (Fsp3) is 0.600. The van der Waals surface area contributed by atoms with E-state index < -0.39 is 0 Å². The number of likely N-dealkylation sites (N-methyl/N-ethyl adjacent to an activating group) is 1. The Labute approximate surface area is 175 Å². The summed E-state index contributed by atoms with van der Waals surface area (Å²) in [6, 6.07) is 4.17. The average molecular weight is 417 g/mol. The molecule has 0 radical (unpaired) electrons. The van der Waals surface area contributed by atoms with E-state index in [4.69, 9.17) is 9.72 Å². The summed E-state index contributed by atoms with van der Waals surface area (Å²) in [4.78, 5) is 26.3. The maximum Gasteiger partial charge on any atom is 0.324 e. The number of amides is 2. The second kappa shape index (κ2) is 7.62. The fourth-order valence-electron chi connectivity index (χ4n) is 4.30. The van der Waals surface area contributed by atoms with Crippen molar-refractivity contribution in [3.8, 4) is 5.75 Å². The topological polar surface area (TPSA) is 64.2 Å². The summed E-state index contributed by atoms with van der Waals surface area (Å²) < 4.78 is 7.05. The molecule has 1 N–H and O–H groups in total. The molecule has 3 aliphatic heterocycles. The predicted octanol–water partition coefficient (Wildman–Crippen LogP) is 1.66. The Hall–Kier alpha value is -2.10. The highest BCUT2D eigenvalue weighted by Gasteiger charge is 2.32. The second-order valence-electron chi connectivity index (χ2n) is 8.14. The molecule has 2 aromatic rings. The molecule has 29 heavy (non-hydrogen) atoms. The number of urea groups is 1. The van der Waals surface area contributed by atoms with Gasteiger partial charge >= 0.3 is 6.03 Å². The molecule has 1 unspecified atom stereocenters. The third kappa shape index (κ3) is 3.51. The van der Waals surface area contributed by atoms with Crippen LogP contribution in [0.3, 0.4) is 0 Å². The molecular weight excluding hydrogens is 388 g/mol. The Morgan fingerprint density at radius 2 is 2.03 bits per heavy atom. The molecule has 3 aliphatic rings. The van der Waals surface area contributed by atoms with Crippen LogP contribution in [0.5, 0.6) is 5.75 Å². The second-order valence-corrected chi connectivity index (χ2v) is 9.15. The molecule has 156 valence electrons. The first-order valence-corrected chi connectivity index (χ1v) is 11.2. The third-order valence-electron chi connectivity index (χ3n) is 6.12. The Balaban J connectivity index is 1.41. The number of nitrogens with one attached hydrogen (secondary N) is 1. The number of ether oxygens (including phenoxy) is 1. The van der Waals surface area contributed by atoms with Gasteiger partial charge in [0, 0.05) is 45.8 Å². The molecule has 4 heterocycles. The summed E-state index contributed by atoms with van der Waals surface area (Å²) >= 11 is 1.58. The molecule has 1 atom stereocenters. The predicted molar refractivity (Wildman–Crippen MR) is 117 cm³/mol. The number of anilines is 2. The molecule has 1 aromatic heterocycles. The van der Waals surface area contributed by atoms with Gasteiger partial charge in [0.15, 0.2) is 5.13 Å². The molecule has 2 fully saturated rings. The fourth-order valence-corrected chi connectivity index (χ4v) is 5.37. The van der Waals surface area contributed by atoms with E-state index in [0.29, 0.717) is 13.2 Å². The van der Waals surface area contributed by atoms with Gasteiger partial charge in [-0.25, -0.2) is 9.78 Å². The SMILES string of the molecule is CC1CNC(=O)N1c1nc2c3c(ccc2s1)OCCN3CCN1CCN(C)CC1. The highest BCUT2D eigenvalue weighted by atomic mass is 32.1. The molecule has 0 saturated carbocycles. The van der Waals surface area contributed by atoms with Crippen molar-refractivity contribution in [2.24, 2.45) is 0 Å². The van der Waals surface area contributed by atoms with Crippen molar-refractivity contribution in [2.75, 3.05) is 75.8 Å². The van der Waals surface area contributed by atoms with E-state index in [1.165, 1.54) is 0 Å². The molecule has 0 bridgehead atoms. The number of fused-ring (bicyclic) bond motifs is 3. The summed E-state index contributed by atoms with van der Waals surface area (Å²) in [6.45, 7) is 10.8. The van der Waals surface area contributed by atoms with E-state index in [2.05, 4.69) is 39.2 Å². The van der Waals surface area contributed by atoms with Gasteiger partial charge in [-0.3, -0.25) is 9.80 Å². The minimum atomic E-state index is -0.0615. The monoisotopic (exact) mass is 416 g/mol. The Bertz CT molecular complexity index is 910. The zero-order valence-electron chi connectivity index (χ0n) is 17.1. The van der Waals surface area contributed by atoms with Crippen LogP contribution in [0.4, 0.5) is 15.6 Å². The van der Waals surface area contributed by atoms with Crippen molar-refractivity contribution >= 4 is 38.4 Å². The van der Waals surface area contributed by atoms with Gasteiger partial charge in [0.25, 0.3) is 0 Å². The first-order chi connectivity index (χ1) is 14.1. The summed E-state index contributed by atoms with van der Waals surface area (Å²) in [5.74, 6) is 0.901. The number of carbonyl (C=O) groups excluding carboxylic acids is 1. The lowest BCUT2D eigenvalue weighted by molar-refractivity contribution is 0.156. The van der Waals surface area contributed by atoms with Gasteiger partial charge in [-0.1, -0.05) is 11.3 Å². The van der Waals surface area contributed by atoms with Crippen molar-refractivity contribution in [3.63, 3.8) is 0 Å². The number of rotatable bonds is 4. The first-order valence-electron chi connectivity index (χ1n) is 10.4. The first kappa shape index (κ1) is 18.9. The third-order valence-corrected chi connectivity index (χ3v) is 7.14.